The summed E-state index contributed by atoms with van der Waals surface area (Å²) in [5, 5.41) is 3.38. The molecule has 1 aliphatic rings. The first kappa shape index (κ1) is 10.0. The molecule has 1 saturated carbocycles. The fraction of sp³-hybridized carbons (Fsp3) is 1.00. The van der Waals surface area contributed by atoms with Gasteiger partial charge in [-0.05, 0) is 44.2 Å². The molecule has 72 valence electrons. The van der Waals surface area contributed by atoms with Crippen molar-refractivity contribution in [2.24, 2.45) is 11.8 Å². The maximum absolute atomic E-state index is 3.38. The first-order valence-electron chi connectivity index (χ1n) is 5.53. The highest BCUT2D eigenvalue weighted by atomic mass is 14.8. The van der Waals surface area contributed by atoms with Crippen molar-refractivity contribution in [2.45, 2.75) is 46.0 Å². The van der Waals surface area contributed by atoms with Crippen molar-refractivity contribution in [1.29, 1.82) is 0 Å². The van der Waals surface area contributed by atoms with E-state index >= 15 is 0 Å². The Morgan fingerprint density at radius 2 is 2.17 bits per heavy atom. The van der Waals surface area contributed by atoms with Crippen molar-refractivity contribution in [3.8, 4) is 0 Å². The molecule has 2 unspecified atom stereocenters. The molecule has 1 aliphatic carbocycles. The zero-order valence-corrected chi connectivity index (χ0v) is 8.60. The van der Waals surface area contributed by atoms with E-state index in [0.717, 1.165) is 18.4 Å². The molecule has 1 N–H and O–H groups in total. The zero-order valence-electron chi connectivity index (χ0n) is 8.60. The molecular weight excluding hydrogens is 146 g/mol. The van der Waals surface area contributed by atoms with Crippen LogP contribution in [0.1, 0.15) is 46.0 Å². The van der Waals surface area contributed by atoms with E-state index in [-0.39, 0.29) is 0 Å². The number of nitrogens with one attached hydrogen (secondary N) is 1. The summed E-state index contributed by atoms with van der Waals surface area (Å²) in [6.45, 7) is 6.92. The summed E-state index contributed by atoms with van der Waals surface area (Å²) in [4.78, 5) is 0. The van der Waals surface area contributed by atoms with Crippen molar-refractivity contribution >= 4 is 0 Å². The summed E-state index contributed by atoms with van der Waals surface area (Å²) in [5.41, 5.74) is 0. The normalized spacial score (nSPS) is 29.5. The largest absolute Gasteiger partial charge is 0.317 e. The van der Waals surface area contributed by atoms with Crippen molar-refractivity contribution in [3.05, 3.63) is 0 Å². The van der Waals surface area contributed by atoms with Gasteiger partial charge in [0.2, 0.25) is 0 Å². The van der Waals surface area contributed by atoms with Gasteiger partial charge in [0.15, 0.2) is 0 Å². The van der Waals surface area contributed by atoms with E-state index in [1.807, 2.05) is 0 Å². The summed E-state index contributed by atoms with van der Waals surface area (Å²) in [7, 11) is 0. The number of hydrogen-bond acceptors (Lipinski definition) is 1. The molecule has 1 rings (SSSR count). The Labute approximate surface area is 76.9 Å². The van der Waals surface area contributed by atoms with Gasteiger partial charge in [-0.1, -0.05) is 26.7 Å². The molecule has 12 heavy (non-hydrogen) atoms. The Balaban J connectivity index is 1.93. The summed E-state index contributed by atoms with van der Waals surface area (Å²) >= 11 is 0. The predicted molar refractivity (Wildman–Crippen MR) is 54.3 cm³/mol. The van der Waals surface area contributed by atoms with Crippen LogP contribution in [0.5, 0.6) is 0 Å². The molecule has 0 bridgehead atoms. The summed E-state index contributed by atoms with van der Waals surface area (Å²) < 4.78 is 0. The van der Waals surface area contributed by atoms with Crippen LogP contribution in [0.25, 0.3) is 0 Å². The molecule has 0 radical (unpaired) electrons. The van der Waals surface area contributed by atoms with Crippen LogP contribution in [0, 0.1) is 11.8 Å². The predicted octanol–water partition coefficient (Wildman–Crippen LogP) is 2.81. The van der Waals surface area contributed by atoms with Crippen LogP contribution in [0.3, 0.4) is 0 Å². The molecule has 0 spiro atoms. The van der Waals surface area contributed by atoms with Gasteiger partial charge in [-0.3, -0.25) is 0 Å². The second-order valence-electron chi connectivity index (χ2n) is 4.28. The van der Waals surface area contributed by atoms with E-state index in [9.17, 15) is 0 Å². The fourth-order valence-electron chi connectivity index (χ4n) is 2.28. The van der Waals surface area contributed by atoms with E-state index in [1.54, 1.807) is 0 Å². The second-order valence-corrected chi connectivity index (χ2v) is 4.28. The standard InChI is InChI=1S/C11H23N/c1-3-12-8-4-5-11-7-6-10(2)9-11/h10-12H,3-9H2,1-2H3. The second kappa shape index (κ2) is 5.58. The SMILES string of the molecule is CCNCCCC1CCC(C)C1. The maximum Gasteiger partial charge on any atom is -0.00489 e. The third-order valence-corrected chi connectivity index (χ3v) is 3.02. The molecular formula is C11H23N. The summed E-state index contributed by atoms with van der Waals surface area (Å²) in [5.74, 6) is 2.06. The molecule has 0 amide bonds. The number of rotatable bonds is 5. The molecule has 0 heterocycles. The molecule has 0 aromatic rings. The first-order valence-corrected chi connectivity index (χ1v) is 5.53. The minimum Gasteiger partial charge on any atom is -0.317 e. The first-order chi connectivity index (χ1) is 5.83. The lowest BCUT2D eigenvalue weighted by atomic mass is 10.0. The topological polar surface area (TPSA) is 12.0 Å². The average molecular weight is 169 g/mol. The molecule has 1 fully saturated rings. The highest BCUT2D eigenvalue weighted by Crippen LogP contribution is 2.32. The zero-order chi connectivity index (χ0) is 8.81. The van der Waals surface area contributed by atoms with Gasteiger partial charge in [0.1, 0.15) is 0 Å². The van der Waals surface area contributed by atoms with E-state index in [2.05, 4.69) is 19.2 Å². The van der Waals surface area contributed by atoms with Crippen LogP contribution in [0.2, 0.25) is 0 Å². The minimum absolute atomic E-state index is 1.01. The van der Waals surface area contributed by atoms with Crippen LogP contribution < -0.4 is 5.32 Å². The molecule has 1 nitrogen and oxygen atoms in total. The molecule has 0 saturated heterocycles. The molecule has 0 aromatic heterocycles. The van der Waals surface area contributed by atoms with Crippen molar-refractivity contribution in [2.75, 3.05) is 13.1 Å². The third kappa shape index (κ3) is 3.57. The van der Waals surface area contributed by atoms with Crippen LogP contribution in [-0.4, -0.2) is 13.1 Å². The highest BCUT2D eigenvalue weighted by molar-refractivity contribution is 4.72. The highest BCUT2D eigenvalue weighted by Gasteiger charge is 2.20. The lowest BCUT2D eigenvalue weighted by molar-refractivity contribution is 0.456. The van der Waals surface area contributed by atoms with Gasteiger partial charge in [0.05, 0.1) is 0 Å². The molecule has 0 aliphatic heterocycles. The van der Waals surface area contributed by atoms with E-state index in [4.69, 9.17) is 0 Å². The van der Waals surface area contributed by atoms with Crippen LogP contribution in [-0.2, 0) is 0 Å². The van der Waals surface area contributed by atoms with Crippen molar-refractivity contribution in [1.82, 2.24) is 5.32 Å². The van der Waals surface area contributed by atoms with Crippen molar-refractivity contribution in [3.63, 3.8) is 0 Å². The molecule has 2 atom stereocenters. The van der Waals surface area contributed by atoms with Crippen LogP contribution >= 0.6 is 0 Å². The molecule has 0 aromatic carbocycles. The Bertz CT molecular complexity index is 112. The third-order valence-electron chi connectivity index (χ3n) is 3.02. The smallest absolute Gasteiger partial charge is 0.00489 e. The van der Waals surface area contributed by atoms with Gasteiger partial charge in [-0.15, -0.1) is 0 Å². The Morgan fingerprint density at radius 3 is 2.75 bits per heavy atom. The Hall–Kier alpha value is -0.0400. The lowest BCUT2D eigenvalue weighted by Crippen LogP contribution is -2.14. The van der Waals surface area contributed by atoms with Gasteiger partial charge >= 0.3 is 0 Å². The van der Waals surface area contributed by atoms with Crippen LogP contribution in [0.4, 0.5) is 0 Å². The van der Waals surface area contributed by atoms with E-state index in [1.165, 1.54) is 38.6 Å². The number of hydrogen-bond donors (Lipinski definition) is 1. The minimum atomic E-state index is 1.01. The fourth-order valence-corrected chi connectivity index (χ4v) is 2.28. The Kier molecular flexibility index (Phi) is 4.67. The van der Waals surface area contributed by atoms with Gasteiger partial charge in [-0.2, -0.15) is 0 Å². The van der Waals surface area contributed by atoms with Crippen molar-refractivity contribution < 1.29 is 0 Å². The Morgan fingerprint density at radius 1 is 1.33 bits per heavy atom. The lowest BCUT2D eigenvalue weighted by Gasteiger charge is -2.08. The quantitative estimate of drug-likeness (QED) is 0.624. The summed E-state index contributed by atoms with van der Waals surface area (Å²) in [6, 6.07) is 0. The molecule has 1 heteroatoms. The van der Waals surface area contributed by atoms with Gasteiger partial charge in [0.25, 0.3) is 0 Å². The average Bonchev–Trinajstić information content (AvgIpc) is 2.45. The van der Waals surface area contributed by atoms with Gasteiger partial charge in [0, 0.05) is 0 Å². The van der Waals surface area contributed by atoms with Gasteiger partial charge in [-0.25, -0.2) is 0 Å². The maximum atomic E-state index is 3.38. The van der Waals surface area contributed by atoms with Crippen LogP contribution in [0.15, 0.2) is 0 Å². The van der Waals surface area contributed by atoms with Gasteiger partial charge < -0.3 is 5.32 Å². The van der Waals surface area contributed by atoms with E-state index < -0.39 is 0 Å². The summed E-state index contributed by atoms with van der Waals surface area (Å²) in [6.07, 6.45) is 7.30. The van der Waals surface area contributed by atoms with E-state index in [0.29, 0.717) is 0 Å². The monoisotopic (exact) mass is 169 g/mol.